The number of carbonyl (C=O) groups excluding carboxylic acids is 1. The van der Waals surface area contributed by atoms with Crippen molar-refractivity contribution >= 4 is 18.3 Å². The van der Waals surface area contributed by atoms with Crippen LogP contribution in [-0.4, -0.2) is 29.9 Å². The molecule has 126 valence electrons. The quantitative estimate of drug-likeness (QED) is 0.771. The Balaban J connectivity index is 0.00000441. The van der Waals surface area contributed by atoms with Crippen molar-refractivity contribution in [3.8, 4) is 0 Å². The number of hydrogen-bond donors (Lipinski definition) is 2. The fourth-order valence-corrected chi connectivity index (χ4v) is 2.18. The number of halogens is 1. The van der Waals surface area contributed by atoms with E-state index in [9.17, 15) is 4.79 Å². The van der Waals surface area contributed by atoms with Gasteiger partial charge < -0.3 is 11.1 Å². The maximum Gasteiger partial charge on any atom is 0.237 e. The fourth-order valence-electron chi connectivity index (χ4n) is 2.18. The maximum atomic E-state index is 12.0. The molecule has 0 radical (unpaired) electrons. The molecule has 0 aliphatic carbocycles. The van der Waals surface area contributed by atoms with Crippen molar-refractivity contribution in [3.05, 3.63) is 35.4 Å². The van der Waals surface area contributed by atoms with Crippen molar-refractivity contribution in [1.29, 1.82) is 0 Å². The third kappa shape index (κ3) is 6.34. The normalized spacial score (nSPS) is 12.1. The minimum absolute atomic E-state index is 0. The molecule has 5 heteroatoms. The number of nitrogens with zero attached hydrogens (tertiary/aromatic N) is 1. The molecule has 4 nitrogen and oxygen atoms in total. The molecule has 0 aliphatic heterocycles. The first kappa shape index (κ1) is 20.9. The molecular formula is C17H30ClN3O. The highest BCUT2D eigenvalue weighted by molar-refractivity contribution is 5.85. The summed E-state index contributed by atoms with van der Waals surface area (Å²) in [4.78, 5) is 14.3. The van der Waals surface area contributed by atoms with Crippen molar-refractivity contribution in [2.75, 3.05) is 13.1 Å². The van der Waals surface area contributed by atoms with Crippen LogP contribution in [0.1, 0.15) is 38.8 Å². The second-order valence-corrected chi connectivity index (χ2v) is 5.72. The Hall–Kier alpha value is -1.10. The van der Waals surface area contributed by atoms with Crippen LogP contribution in [0, 0.1) is 5.92 Å². The molecule has 0 aromatic heterocycles. The van der Waals surface area contributed by atoms with Gasteiger partial charge in [-0.2, -0.15) is 0 Å². The Labute approximate surface area is 140 Å². The summed E-state index contributed by atoms with van der Waals surface area (Å²) in [5.41, 5.74) is 8.29. The molecule has 1 aromatic carbocycles. The molecule has 0 saturated carbocycles. The Morgan fingerprint density at radius 3 is 2.23 bits per heavy atom. The standard InChI is InChI=1S/C17H29N3O.ClH/c1-5-20(6-2)12-15-10-8-7-9-14(15)11-19-17(21)16(18)13(3)4;/h7-10,13,16H,5-6,11-12,18H2,1-4H3,(H,19,21);1H/t16-;/m0./s1. The number of rotatable bonds is 8. The first-order valence-electron chi connectivity index (χ1n) is 7.82. The summed E-state index contributed by atoms with van der Waals surface area (Å²) in [6, 6.07) is 7.81. The molecule has 0 bridgehead atoms. The van der Waals surface area contributed by atoms with Gasteiger partial charge in [-0.05, 0) is 30.1 Å². The summed E-state index contributed by atoms with van der Waals surface area (Å²) in [6.07, 6.45) is 0. The van der Waals surface area contributed by atoms with Crippen LogP contribution < -0.4 is 11.1 Å². The highest BCUT2D eigenvalue weighted by Gasteiger charge is 2.17. The molecule has 22 heavy (non-hydrogen) atoms. The molecule has 1 atom stereocenters. The smallest absolute Gasteiger partial charge is 0.237 e. The molecule has 1 amide bonds. The highest BCUT2D eigenvalue weighted by atomic mass is 35.5. The lowest BCUT2D eigenvalue weighted by molar-refractivity contribution is -0.123. The summed E-state index contributed by atoms with van der Waals surface area (Å²) >= 11 is 0. The lowest BCUT2D eigenvalue weighted by Gasteiger charge is -2.21. The van der Waals surface area contributed by atoms with Crippen LogP contribution >= 0.6 is 12.4 Å². The van der Waals surface area contributed by atoms with Crippen molar-refractivity contribution in [3.63, 3.8) is 0 Å². The van der Waals surface area contributed by atoms with Crippen molar-refractivity contribution < 1.29 is 4.79 Å². The van der Waals surface area contributed by atoms with E-state index in [1.54, 1.807) is 0 Å². The zero-order valence-electron chi connectivity index (χ0n) is 14.1. The summed E-state index contributed by atoms with van der Waals surface area (Å²) in [6.45, 7) is 11.7. The second-order valence-electron chi connectivity index (χ2n) is 5.72. The van der Waals surface area contributed by atoms with E-state index in [1.807, 2.05) is 26.0 Å². The molecular weight excluding hydrogens is 298 g/mol. The van der Waals surface area contributed by atoms with Gasteiger partial charge in [0.2, 0.25) is 5.91 Å². The predicted molar refractivity (Wildman–Crippen MR) is 95.0 cm³/mol. The molecule has 0 saturated heterocycles. The Kier molecular flexibility index (Phi) is 10.1. The summed E-state index contributed by atoms with van der Waals surface area (Å²) in [7, 11) is 0. The van der Waals surface area contributed by atoms with Gasteiger partial charge in [-0.15, -0.1) is 12.4 Å². The van der Waals surface area contributed by atoms with Crippen LogP contribution in [0.5, 0.6) is 0 Å². The van der Waals surface area contributed by atoms with Crippen LogP contribution in [0.15, 0.2) is 24.3 Å². The Bertz CT molecular complexity index is 447. The molecule has 0 spiro atoms. The third-order valence-electron chi connectivity index (χ3n) is 3.88. The lowest BCUT2D eigenvalue weighted by Crippen LogP contribution is -2.43. The maximum absolute atomic E-state index is 12.0. The zero-order valence-corrected chi connectivity index (χ0v) is 15.0. The molecule has 0 fully saturated rings. The first-order valence-corrected chi connectivity index (χ1v) is 7.82. The zero-order chi connectivity index (χ0) is 15.8. The number of amides is 1. The minimum atomic E-state index is -0.444. The van der Waals surface area contributed by atoms with Gasteiger partial charge in [0.1, 0.15) is 0 Å². The van der Waals surface area contributed by atoms with E-state index in [2.05, 4.69) is 36.2 Å². The molecule has 1 rings (SSSR count). The Morgan fingerprint density at radius 1 is 1.18 bits per heavy atom. The summed E-state index contributed by atoms with van der Waals surface area (Å²) < 4.78 is 0. The fraction of sp³-hybridized carbons (Fsp3) is 0.588. The van der Waals surface area contributed by atoms with Crippen molar-refractivity contribution in [2.24, 2.45) is 11.7 Å². The molecule has 0 aliphatic rings. The topological polar surface area (TPSA) is 58.4 Å². The van der Waals surface area contributed by atoms with E-state index in [1.165, 1.54) is 5.56 Å². The van der Waals surface area contributed by atoms with E-state index in [4.69, 9.17) is 5.73 Å². The highest BCUT2D eigenvalue weighted by Crippen LogP contribution is 2.12. The van der Waals surface area contributed by atoms with Gasteiger partial charge in [0, 0.05) is 13.1 Å². The monoisotopic (exact) mass is 327 g/mol. The number of benzene rings is 1. The van der Waals surface area contributed by atoms with E-state index in [0.717, 1.165) is 25.2 Å². The molecule has 3 N–H and O–H groups in total. The number of nitrogens with two attached hydrogens (primary N) is 1. The van der Waals surface area contributed by atoms with Gasteiger partial charge in [-0.3, -0.25) is 9.69 Å². The van der Waals surface area contributed by atoms with Crippen LogP contribution in [-0.2, 0) is 17.9 Å². The van der Waals surface area contributed by atoms with E-state index in [0.29, 0.717) is 6.54 Å². The average molecular weight is 328 g/mol. The Morgan fingerprint density at radius 2 is 1.73 bits per heavy atom. The largest absolute Gasteiger partial charge is 0.351 e. The third-order valence-corrected chi connectivity index (χ3v) is 3.88. The van der Waals surface area contributed by atoms with E-state index < -0.39 is 6.04 Å². The van der Waals surface area contributed by atoms with E-state index in [-0.39, 0.29) is 24.2 Å². The lowest BCUT2D eigenvalue weighted by atomic mass is 10.0. The van der Waals surface area contributed by atoms with Gasteiger partial charge in [-0.1, -0.05) is 52.0 Å². The number of nitrogens with one attached hydrogen (secondary N) is 1. The second kappa shape index (κ2) is 10.6. The van der Waals surface area contributed by atoms with Gasteiger partial charge in [-0.25, -0.2) is 0 Å². The molecule has 0 unspecified atom stereocenters. The SMILES string of the molecule is CCN(CC)Cc1ccccc1CNC(=O)[C@@H](N)C(C)C.Cl. The summed E-state index contributed by atoms with van der Waals surface area (Å²) in [5, 5.41) is 2.95. The van der Waals surface area contributed by atoms with Crippen LogP contribution in [0.3, 0.4) is 0 Å². The molecule has 1 aromatic rings. The number of hydrogen-bond acceptors (Lipinski definition) is 3. The number of carbonyl (C=O) groups is 1. The minimum Gasteiger partial charge on any atom is -0.351 e. The summed E-state index contributed by atoms with van der Waals surface area (Å²) in [5.74, 6) is 0.0681. The predicted octanol–water partition coefficient (Wildman–Crippen LogP) is 2.55. The van der Waals surface area contributed by atoms with Gasteiger partial charge in [0.25, 0.3) is 0 Å². The average Bonchev–Trinajstić information content (AvgIpc) is 2.50. The van der Waals surface area contributed by atoms with Crippen LogP contribution in [0.25, 0.3) is 0 Å². The van der Waals surface area contributed by atoms with Crippen LogP contribution in [0.4, 0.5) is 0 Å². The van der Waals surface area contributed by atoms with Gasteiger partial charge in [0.15, 0.2) is 0 Å². The van der Waals surface area contributed by atoms with Gasteiger partial charge in [0.05, 0.1) is 6.04 Å². The van der Waals surface area contributed by atoms with Crippen molar-refractivity contribution in [2.45, 2.75) is 46.8 Å². The van der Waals surface area contributed by atoms with Gasteiger partial charge >= 0.3 is 0 Å². The first-order chi connectivity index (χ1) is 9.99. The van der Waals surface area contributed by atoms with Crippen molar-refractivity contribution in [1.82, 2.24) is 10.2 Å². The van der Waals surface area contributed by atoms with E-state index >= 15 is 0 Å². The molecule has 0 heterocycles. The van der Waals surface area contributed by atoms with Crippen LogP contribution in [0.2, 0.25) is 0 Å².